The lowest BCUT2D eigenvalue weighted by molar-refractivity contribution is 0.0600. The summed E-state index contributed by atoms with van der Waals surface area (Å²) in [5, 5.41) is 0. The molecule has 1 aliphatic carbocycles. The first kappa shape index (κ1) is 10.9. The van der Waals surface area contributed by atoms with Crippen molar-refractivity contribution in [1.82, 2.24) is 0 Å². The maximum absolute atomic E-state index is 11.9. The molecule has 0 aliphatic heterocycles. The van der Waals surface area contributed by atoms with Crippen LogP contribution in [-0.4, -0.2) is 18.9 Å². The first-order valence-corrected chi connectivity index (χ1v) is 5.36. The molecule has 0 atom stereocenters. The van der Waals surface area contributed by atoms with Gasteiger partial charge in [0.1, 0.15) is 0 Å². The number of methoxy groups -OCH3 is 1. The van der Waals surface area contributed by atoms with Crippen molar-refractivity contribution in [1.29, 1.82) is 0 Å². The number of Topliss-reactive ketones (excluding diaryl/α,β-unsaturated/α-hetero) is 1. The van der Waals surface area contributed by atoms with E-state index in [1.165, 1.54) is 7.11 Å². The Kier molecular flexibility index (Phi) is 2.77. The molecule has 3 nitrogen and oxygen atoms in total. The molecular weight excluding hydrogens is 204 g/mol. The van der Waals surface area contributed by atoms with Crippen LogP contribution in [-0.2, 0) is 4.74 Å². The van der Waals surface area contributed by atoms with E-state index in [2.05, 4.69) is 4.74 Å². The molecule has 0 heterocycles. The minimum atomic E-state index is -0.367. The van der Waals surface area contributed by atoms with Gasteiger partial charge in [-0.25, -0.2) is 4.79 Å². The van der Waals surface area contributed by atoms with Crippen LogP contribution in [0.2, 0.25) is 0 Å². The molecule has 1 fully saturated rings. The van der Waals surface area contributed by atoms with Gasteiger partial charge in [-0.15, -0.1) is 0 Å². The smallest absolute Gasteiger partial charge is 0.337 e. The Morgan fingerprint density at radius 2 is 2.00 bits per heavy atom. The molecular formula is C13H14O3. The van der Waals surface area contributed by atoms with E-state index in [4.69, 9.17) is 0 Å². The normalized spacial score (nSPS) is 14.6. The second-order valence-corrected chi connectivity index (χ2v) is 4.16. The number of hydrogen-bond donors (Lipinski definition) is 0. The Balaban J connectivity index is 2.29. The van der Waals surface area contributed by atoms with Crippen LogP contribution in [0.1, 0.15) is 39.1 Å². The average molecular weight is 218 g/mol. The molecule has 84 valence electrons. The number of ketones is 1. The van der Waals surface area contributed by atoms with E-state index in [0.29, 0.717) is 5.56 Å². The Hall–Kier alpha value is -1.64. The summed E-state index contributed by atoms with van der Waals surface area (Å²) in [7, 11) is 1.35. The van der Waals surface area contributed by atoms with Gasteiger partial charge in [0, 0.05) is 11.5 Å². The number of rotatable bonds is 3. The predicted molar refractivity (Wildman–Crippen MR) is 59.6 cm³/mol. The number of ether oxygens (including phenoxy) is 1. The van der Waals surface area contributed by atoms with Crippen molar-refractivity contribution in [2.75, 3.05) is 7.11 Å². The van der Waals surface area contributed by atoms with Crippen LogP contribution in [0.4, 0.5) is 0 Å². The molecule has 0 aromatic heterocycles. The van der Waals surface area contributed by atoms with Crippen molar-refractivity contribution < 1.29 is 14.3 Å². The summed E-state index contributed by atoms with van der Waals surface area (Å²) in [6, 6.07) is 5.08. The lowest BCUT2D eigenvalue weighted by Crippen LogP contribution is -2.07. The number of aryl methyl sites for hydroxylation is 1. The Labute approximate surface area is 94.4 Å². The first-order valence-electron chi connectivity index (χ1n) is 5.36. The van der Waals surface area contributed by atoms with E-state index in [1.54, 1.807) is 18.2 Å². The number of carbonyl (C=O) groups is 2. The molecule has 0 spiro atoms. The van der Waals surface area contributed by atoms with Gasteiger partial charge in [0.25, 0.3) is 0 Å². The van der Waals surface area contributed by atoms with Crippen molar-refractivity contribution in [3.63, 3.8) is 0 Å². The lowest BCUT2D eigenvalue weighted by atomic mass is 9.99. The minimum Gasteiger partial charge on any atom is -0.465 e. The molecule has 0 unspecified atom stereocenters. The highest BCUT2D eigenvalue weighted by molar-refractivity contribution is 6.01. The van der Waals surface area contributed by atoms with Crippen LogP contribution in [0.3, 0.4) is 0 Å². The molecule has 0 bridgehead atoms. The van der Waals surface area contributed by atoms with E-state index < -0.39 is 0 Å². The van der Waals surface area contributed by atoms with Crippen molar-refractivity contribution in [2.45, 2.75) is 19.8 Å². The fraction of sp³-hybridized carbons (Fsp3) is 0.385. The minimum absolute atomic E-state index is 0.203. The van der Waals surface area contributed by atoms with Gasteiger partial charge < -0.3 is 4.74 Å². The summed E-state index contributed by atoms with van der Waals surface area (Å²) in [6.07, 6.45) is 1.99. The second-order valence-electron chi connectivity index (χ2n) is 4.16. The maximum atomic E-state index is 11.9. The number of benzene rings is 1. The van der Waals surface area contributed by atoms with Gasteiger partial charge in [0.2, 0.25) is 0 Å². The Bertz CT molecular complexity index is 444. The summed E-state index contributed by atoms with van der Waals surface area (Å²) >= 11 is 0. The highest BCUT2D eigenvalue weighted by Gasteiger charge is 2.31. The quantitative estimate of drug-likeness (QED) is 0.578. The average Bonchev–Trinajstić information content (AvgIpc) is 3.10. The highest BCUT2D eigenvalue weighted by atomic mass is 16.5. The van der Waals surface area contributed by atoms with Crippen molar-refractivity contribution in [3.05, 3.63) is 34.9 Å². The summed E-state index contributed by atoms with van der Waals surface area (Å²) in [5.74, 6) is 0.0464. The summed E-state index contributed by atoms with van der Waals surface area (Å²) < 4.78 is 4.63. The zero-order valence-corrected chi connectivity index (χ0v) is 9.45. The van der Waals surface area contributed by atoms with Crippen molar-refractivity contribution >= 4 is 11.8 Å². The maximum Gasteiger partial charge on any atom is 0.337 e. The molecule has 1 saturated carbocycles. The van der Waals surface area contributed by atoms with Crippen LogP contribution < -0.4 is 0 Å². The number of carbonyl (C=O) groups excluding carboxylic acids is 2. The summed E-state index contributed by atoms with van der Waals surface area (Å²) in [6.45, 7) is 1.85. The van der Waals surface area contributed by atoms with Gasteiger partial charge in [-0.2, -0.15) is 0 Å². The highest BCUT2D eigenvalue weighted by Crippen LogP contribution is 2.33. The van der Waals surface area contributed by atoms with Gasteiger partial charge >= 0.3 is 5.97 Å². The molecule has 0 N–H and O–H groups in total. The molecule has 1 aliphatic rings. The Morgan fingerprint density at radius 3 is 2.50 bits per heavy atom. The third-order valence-electron chi connectivity index (χ3n) is 2.86. The zero-order valence-electron chi connectivity index (χ0n) is 9.45. The van der Waals surface area contributed by atoms with E-state index in [1.807, 2.05) is 6.92 Å². The fourth-order valence-corrected chi connectivity index (χ4v) is 1.75. The molecule has 3 heteroatoms. The molecule has 0 saturated heterocycles. The molecule has 2 rings (SSSR count). The predicted octanol–water partition coefficient (Wildman–Crippen LogP) is 2.37. The van der Waals surface area contributed by atoms with E-state index in [0.717, 1.165) is 24.0 Å². The van der Waals surface area contributed by atoms with E-state index in [9.17, 15) is 9.59 Å². The zero-order chi connectivity index (χ0) is 11.7. The lowest BCUT2D eigenvalue weighted by Gasteiger charge is -2.06. The SMILES string of the molecule is COC(=O)c1ccc(C(=O)C2CC2)c(C)c1. The van der Waals surface area contributed by atoms with Gasteiger partial charge in [-0.3, -0.25) is 4.79 Å². The van der Waals surface area contributed by atoms with Crippen LogP contribution in [0, 0.1) is 12.8 Å². The largest absolute Gasteiger partial charge is 0.465 e. The first-order chi connectivity index (χ1) is 7.63. The Morgan fingerprint density at radius 1 is 1.31 bits per heavy atom. The van der Waals surface area contributed by atoms with Gasteiger partial charge in [0.15, 0.2) is 5.78 Å². The van der Waals surface area contributed by atoms with E-state index >= 15 is 0 Å². The number of esters is 1. The van der Waals surface area contributed by atoms with Crippen LogP contribution in [0.5, 0.6) is 0 Å². The summed E-state index contributed by atoms with van der Waals surface area (Å²) in [5.41, 5.74) is 2.07. The van der Waals surface area contributed by atoms with Crippen molar-refractivity contribution in [2.24, 2.45) is 5.92 Å². The monoisotopic (exact) mass is 218 g/mol. The van der Waals surface area contributed by atoms with Crippen LogP contribution in [0.25, 0.3) is 0 Å². The summed E-state index contributed by atoms with van der Waals surface area (Å²) in [4.78, 5) is 23.1. The fourth-order valence-electron chi connectivity index (χ4n) is 1.75. The third-order valence-corrected chi connectivity index (χ3v) is 2.86. The van der Waals surface area contributed by atoms with Crippen molar-refractivity contribution in [3.8, 4) is 0 Å². The van der Waals surface area contributed by atoms with Crippen LogP contribution in [0.15, 0.2) is 18.2 Å². The van der Waals surface area contributed by atoms with Gasteiger partial charge in [-0.1, -0.05) is 6.07 Å². The second kappa shape index (κ2) is 4.08. The molecule has 16 heavy (non-hydrogen) atoms. The van der Waals surface area contributed by atoms with Gasteiger partial charge in [0.05, 0.1) is 12.7 Å². The molecule has 1 aromatic carbocycles. The molecule has 0 amide bonds. The van der Waals surface area contributed by atoms with Crippen LogP contribution >= 0.6 is 0 Å². The number of hydrogen-bond acceptors (Lipinski definition) is 3. The molecule has 0 radical (unpaired) electrons. The van der Waals surface area contributed by atoms with Gasteiger partial charge in [-0.05, 0) is 37.5 Å². The van der Waals surface area contributed by atoms with E-state index in [-0.39, 0.29) is 17.7 Å². The molecule has 1 aromatic rings. The standard InChI is InChI=1S/C13H14O3/c1-8-7-10(13(15)16-2)5-6-11(8)12(14)9-3-4-9/h5-7,9H,3-4H2,1-2H3. The topological polar surface area (TPSA) is 43.4 Å². The third kappa shape index (κ3) is 1.98.